The van der Waals surface area contributed by atoms with Crippen molar-refractivity contribution in [3.8, 4) is 0 Å². The molecule has 3 nitrogen and oxygen atoms in total. The van der Waals surface area contributed by atoms with E-state index in [1.807, 2.05) is 6.92 Å². The molecule has 101 valence electrons. The SMILES string of the molecule is CCCCCCP(=O)([O-])[O-].[CH2-]CCCCC.[Nd+3]. The Hall–Kier alpha value is 1.50. The van der Waals surface area contributed by atoms with E-state index in [1.54, 1.807) is 0 Å². The van der Waals surface area contributed by atoms with Gasteiger partial charge in [-0.3, -0.25) is 0 Å². The van der Waals surface area contributed by atoms with Crippen molar-refractivity contribution < 1.29 is 55.2 Å². The van der Waals surface area contributed by atoms with Crippen molar-refractivity contribution in [2.45, 2.75) is 65.2 Å². The fraction of sp³-hybridized carbons (Fsp3) is 0.917. The molecule has 0 rings (SSSR count). The minimum absolute atomic E-state index is 0. The molecule has 17 heavy (non-hydrogen) atoms. The van der Waals surface area contributed by atoms with Gasteiger partial charge in [-0.2, -0.15) is 6.42 Å². The number of hydrogen-bond donors (Lipinski definition) is 0. The number of hydrogen-bond acceptors (Lipinski definition) is 3. The number of unbranched alkanes of at least 4 members (excludes halogenated alkanes) is 6. The van der Waals surface area contributed by atoms with Gasteiger partial charge in [0.15, 0.2) is 0 Å². The van der Waals surface area contributed by atoms with Crippen LogP contribution >= 0.6 is 7.60 Å². The Kier molecular flexibility index (Phi) is 24.3. The third-order valence-corrected chi connectivity index (χ3v) is 3.00. The second-order valence-electron chi connectivity index (χ2n) is 3.96. The summed E-state index contributed by atoms with van der Waals surface area (Å²) in [7, 11) is -4.21. The first-order valence-electron chi connectivity index (χ1n) is 6.28. The smallest absolute Gasteiger partial charge is 0.811 e. The normalized spacial score (nSPS) is 10.2. The Balaban J connectivity index is -0.000000244. The standard InChI is InChI=1S/C6H15O3P.C6H13.Nd/c1-2-3-4-5-6-10(7,8)9;1-3-5-6-4-2;/h2-6H2,1H3,(H2,7,8,9);1,3-6H2,2H3;/q;-1;+3/p-2. The third-order valence-electron chi connectivity index (χ3n) is 2.14. The van der Waals surface area contributed by atoms with Gasteiger partial charge in [0.2, 0.25) is 0 Å². The second kappa shape index (κ2) is 17.5. The monoisotopic (exact) mass is 391 g/mol. The van der Waals surface area contributed by atoms with Crippen LogP contribution in [0.1, 0.15) is 65.2 Å². The maximum Gasteiger partial charge on any atom is 3.00 e. The van der Waals surface area contributed by atoms with E-state index in [0.29, 0.717) is 6.42 Å². The zero-order chi connectivity index (χ0) is 12.9. The van der Waals surface area contributed by atoms with Crippen LogP contribution in [0, 0.1) is 47.8 Å². The first kappa shape index (κ1) is 23.6. The molecule has 0 saturated carbocycles. The number of rotatable bonds is 8. The van der Waals surface area contributed by atoms with Gasteiger partial charge in [0.05, 0.1) is 0 Å². The minimum Gasteiger partial charge on any atom is -0.811 e. The van der Waals surface area contributed by atoms with Crippen molar-refractivity contribution in [1.29, 1.82) is 0 Å². The van der Waals surface area contributed by atoms with E-state index in [9.17, 15) is 14.4 Å². The maximum absolute atomic E-state index is 10.1. The van der Waals surface area contributed by atoms with Crippen LogP contribution in [0.3, 0.4) is 0 Å². The summed E-state index contributed by atoms with van der Waals surface area (Å²) in [5.41, 5.74) is 0. The maximum atomic E-state index is 10.1. The predicted molar refractivity (Wildman–Crippen MR) is 66.1 cm³/mol. The second-order valence-corrected chi connectivity index (χ2v) is 5.62. The van der Waals surface area contributed by atoms with Gasteiger partial charge < -0.3 is 21.3 Å². The van der Waals surface area contributed by atoms with E-state index in [0.717, 1.165) is 25.7 Å². The van der Waals surface area contributed by atoms with Crippen LogP contribution < -0.4 is 9.79 Å². The van der Waals surface area contributed by atoms with Gasteiger partial charge in [-0.05, 0) is 12.6 Å². The Morgan fingerprint density at radius 1 is 0.941 bits per heavy atom. The van der Waals surface area contributed by atoms with Crippen LogP contribution in [-0.2, 0) is 4.57 Å². The Labute approximate surface area is 140 Å². The van der Waals surface area contributed by atoms with Crippen molar-refractivity contribution >= 4 is 7.60 Å². The molecule has 0 aromatic heterocycles. The van der Waals surface area contributed by atoms with Crippen LogP contribution in [0.15, 0.2) is 0 Å². The molecule has 0 N–H and O–H groups in total. The average Bonchev–Trinajstić information content (AvgIpc) is 2.21. The molecule has 0 aromatic rings. The average molecular weight is 394 g/mol. The van der Waals surface area contributed by atoms with E-state index in [1.165, 1.54) is 19.3 Å². The van der Waals surface area contributed by atoms with E-state index < -0.39 is 7.60 Å². The zero-order valence-electron chi connectivity index (χ0n) is 11.2. The molecule has 0 amide bonds. The first-order valence-corrected chi connectivity index (χ1v) is 8.01. The fourth-order valence-corrected chi connectivity index (χ4v) is 1.77. The third kappa shape index (κ3) is 31.8. The summed E-state index contributed by atoms with van der Waals surface area (Å²) < 4.78 is 10.1. The molecule has 0 bridgehead atoms. The van der Waals surface area contributed by atoms with Gasteiger partial charge in [0, 0.05) is 0 Å². The Morgan fingerprint density at radius 3 is 1.71 bits per heavy atom. The summed E-state index contributed by atoms with van der Waals surface area (Å²) in [5.74, 6) is 0. The zero-order valence-corrected chi connectivity index (χ0v) is 15.3. The molecular formula is C12H26NdO3P. The van der Waals surface area contributed by atoms with Gasteiger partial charge in [0.25, 0.3) is 0 Å². The van der Waals surface area contributed by atoms with Gasteiger partial charge in [-0.25, -0.2) is 0 Å². The topological polar surface area (TPSA) is 63.2 Å². The molecule has 0 atom stereocenters. The van der Waals surface area contributed by atoms with Crippen molar-refractivity contribution in [2.75, 3.05) is 6.16 Å². The largest absolute Gasteiger partial charge is 3.00 e. The molecule has 0 aromatic carbocycles. The van der Waals surface area contributed by atoms with Crippen LogP contribution in [0.2, 0.25) is 0 Å². The molecule has 1 radical (unpaired) electrons. The Morgan fingerprint density at radius 2 is 1.41 bits per heavy atom. The summed E-state index contributed by atoms with van der Waals surface area (Å²) in [6.45, 7) is 7.96. The van der Waals surface area contributed by atoms with Crippen LogP contribution in [0.4, 0.5) is 0 Å². The van der Waals surface area contributed by atoms with Crippen LogP contribution in [0.25, 0.3) is 0 Å². The summed E-state index contributed by atoms with van der Waals surface area (Å²) in [6, 6.07) is 0. The van der Waals surface area contributed by atoms with E-state index in [-0.39, 0.29) is 47.0 Å². The molecule has 5 heteroatoms. The first-order chi connectivity index (χ1) is 7.47. The van der Waals surface area contributed by atoms with Crippen molar-refractivity contribution in [1.82, 2.24) is 0 Å². The van der Waals surface area contributed by atoms with E-state index in [4.69, 9.17) is 0 Å². The summed E-state index contributed by atoms with van der Waals surface area (Å²) >= 11 is 0. The van der Waals surface area contributed by atoms with E-state index >= 15 is 0 Å². The molecule has 0 aliphatic heterocycles. The molecular weight excluding hydrogens is 367 g/mol. The van der Waals surface area contributed by atoms with Gasteiger partial charge in [-0.1, -0.05) is 60.0 Å². The molecule has 0 fully saturated rings. The molecule has 0 saturated heterocycles. The summed E-state index contributed by atoms with van der Waals surface area (Å²) in [6.07, 6.45) is 8.35. The minimum atomic E-state index is -4.21. The summed E-state index contributed by atoms with van der Waals surface area (Å²) in [4.78, 5) is 20.1. The van der Waals surface area contributed by atoms with Crippen molar-refractivity contribution in [2.24, 2.45) is 0 Å². The van der Waals surface area contributed by atoms with Crippen LogP contribution in [0.5, 0.6) is 0 Å². The molecule has 0 heterocycles. The van der Waals surface area contributed by atoms with Gasteiger partial charge >= 0.3 is 40.8 Å². The summed E-state index contributed by atoms with van der Waals surface area (Å²) in [5, 5.41) is 0. The van der Waals surface area contributed by atoms with E-state index in [2.05, 4.69) is 13.8 Å². The van der Waals surface area contributed by atoms with Crippen LogP contribution in [-0.4, -0.2) is 6.16 Å². The predicted octanol–water partition coefficient (Wildman–Crippen LogP) is 2.88. The fourth-order valence-electron chi connectivity index (χ4n) is 1.16. The van der Waals surface area contributed by atoms with Gasteiger partial charge in [0.1, 0.15) is 0 Å². The van der Waals surface area contributed by atoms with Gasteiger partial charge in [-0.15, -0.1) is 0 Å². The molecule has 0 aliphatic carbocycles. The quantitative estimate of drug-likeness (QED) is 0.362. The van der Waals surface area contributed by atoms with Crippen molar-refractivity contribution in [3.63, 3.8) is 0 Å². The Bertz CT molecular complexity index is 167. The molecule has 0 aliphatic rings. The molecule has 0 unspecified atom stereocenters. The van der Waals surface area contributed by atoms with Crippen molar-refractivity contribution in [3.05, 3.63) is 6.92 Å². The molecule has 0 spiro atoms.